The van der Waals surface area contributed by atoms with Gasteiger partial charge in [0.25, 0.3) is 5.91 Å². The van der Waals surface area contributed by atoms with Crippen molar-refractivity contribution in [2.75, 3.05) is 21.3 Å². The fourth-order valence-corrected chi connectivity index (χ4v) is 4.27. The number of nitrogens with zero attached hydrogens (tertiary/aromatic N) is 1. The summed E-state index contributed by atoms with van der Waals surface area (Å²) in [5.74, 6) is 0.604. The summed E-state index contributed by atoms with van der Waals surface area (Å²) in [5.41, 5.74) is 7.39. The Morgan fingerprint density at radius 3 is 1.90 bits per heavy atom. The van der Waals surface area contributed by atoms with Crippen molar-refractivity contribution in [1.82, 2.24) is 5.43 Å². The number of unbranched alkanes of at least 4 members (excludes halogenated alkanes) is 1. The van der Waals surface area contributed by atoms with Crippen molar-refractivity contribution in [3.8, 4) is 34.1 Å². The largest absolute Gasteiger partial charge is 0.493 e. The average molecular weight is 567 g/mol. The van der Waals surface area contributed by atoms with Gasteiger partial charge in [0.05, 0.1) is 33.1 Å². The lowest BCUT2D eigenvalue weighted by molar-refractivity contribution is 0.0734. The molecule has 42 heavy (non-hydrogen) atoms. The number of esters is 1. The first-order chi connectivity index (χ1) is 20.4. The molecule has 4 aromatic carbocycles. The lowest BCUT2D eigenvalue weighted by atomic mass is 10.0. The van der Waals surface area contributed by atoms with Crippen LogP contribution >= 0.6 is 0 Å². The molecule has 0 fully saturated rings. The Morgan fingerprint density at radius 2 is 1.36 bits per heavy atom. The maximum Gasteiger partial charge on any atom is 0.343 e. The maximum absolute atomic E-state index is 12.7. The average Bonchev–Trinajstić information content (AvgIpc) is 3.04. The molecule has 1 amide bonds. The first kappa shape index (κ1) is 29.9. The van der Waals surface area contributed by atoms with Crippen LogP contribution in [-0.4, -0.2) is 39.4 Å². The summed E-state index contributed by atoms with van der Waals surface area (Å²) in [6.45, 7) is 2.19. The molecule has 0 aliphatic rings. The van der Waals surface area contributed by atoms with Gasteiger partial charge in [-0.2, -0.15) is 5.10 Å². The van der Waals surface area contributed by atoms with Crippen molar-refractivity contribution in [3.63, 3.8) is 0 Å². The Bertz CT molecular complexity index is 1500. The normalized spacial score (nSPS) is 10.8. The van der Waals surface area contributed by atoms with E-state index in [1.54, 1.807) is 36.4 Å². The van der Waals surface area contributed by atoms with E-state index in [1.165, 1.54) is 58.1 Å². The van der Waals surface area contributed by atoms with E-state index in [4.69, 9.17) is 18.9 Å². The van der Waals surface area contributed by atoms with E-state index in [-0.39, 0.29) is 5.56 Å². The van der Waals surface area contributed by atoms with Crippen LogP contribution in [-0.2, 0) is 6.42 Å². The molecule has 4 aromatic rings. The van der Waals surface area contributed by atoms with Crippen LogP contribution in [0.2, 0.25) is 0 Å². The molecule has 0 aliphatic carbocycles. The third kappa shape index (κ3) is 7.54. The van der Waals surface area contributed by atoms with E-state index >= 15 is 0 Å². The Labute approximate surface area is 245 Å². The molecule has 0 radical (unpaired) electrons. The summed E-state index contributed by atoms with van der Waals surface area (Å²) < 4.78 is 21.4. The lowest BCUT2D eigenvalue weighted by Gasteiger charge is -2.13. The zero-order valence-electron chi connectivity index (χ0n) is 24.2. The van der Waals surface area contributed by atoms with E-state index in [2.05, 4.69) is 41.7 Å². The van der Waals surface area contributed by atoms with Crippen LogP contribution in [0.4, 0.5) is 0 Å². The third-order valence-electron chi connectivity index (χ3n) is 6.62. The first-order valence-electron chi connectivity index (χ1n) is 13.6. The molecule has 0 unspecified atom stereocenters. The molecule has 8 heteroatoms. The topological polar surface area (TPSA) is 95.5 Å². The number of carbonyl (C=O) groups is 2. The Hall–Kier alpha value is -5.11. The molecule has 0 bridgehead atoms. The second-order valence-electron chi connectivity index (χ2n) is 9.45. The van der Waals surface area contributed by atoms with Gasteiger partial charge in [-0.1, -0.05) is 49.7 Å². The number of amides is 1. The number of benzene rings is 4. The minimum atomic E-state index is -0.453. The summed E-state index contributed by atoms with van der Waals surface area (Å²) in [6.07, 6.45) is 4.93. The summed E-state index contributed by atoms with van der Waals surface area (Å²) >= 11 is 0. The zero-order chi connectivity index (χ0) is 29.9. The van der Waals surface area contributed by atoms with Gasteiger partial charge in [-0.05, 0) is 83.6 Å². The fourth-order valence-electron chi connectivity index (χ4n) is 4.27. The predicted octanol–water partition coefficient (Wildman–Crippen LogP) is 6.71. The van der Waals surface area contributed by atoms with E-state index in [1.807, 2.05) is 12.1 Å². The molecule has 1 N–H and O–H groups in total. The summed E-state index contributed by atoms with van der Waals surface area (Å²) in [6, 6.07) is 25.8. The predicted molar refractivity (Wildman–Crippen MR) is 163 cm³/mol. The Balaban J connectivity index is 1.32. The molecule has 0 aromatic heterocycles. The van der Waals surface area contributed by atoms with E-state index in [0.29, 0.717) is 34.1 Å². The van der Waals surface area contributed by atoms with Crippen LogP contribution in [0.5, 0.6) is 23.0 Å². The highest BCUT2D eigenvalue weighted by Crippen LogP contribution is 2.38. The van der Waals surface area contributed by atoms with Crippen molar-refractivity contribution in [1.29, 1.82) is 0 Å². The number of rotatable bonds is 12. The van der Waals surface area contributed by atoms with Gasteiger partial charge in [-0.25, -0.2) is 10.2 Å². The van der Waals surface area contributed by atoms with Crippen molar-refractivity contribution in [2.24, 2.45) is 5.10 Å². The Morgan fingerprint density at radius 1 is 0.762 bits per heavy atom. The Kier molecular flexibility index (Phi) is 10.3. The highest BCUT2D eigenvalue weighted by atomic mass is 16.5. The van der Waals surface area contributed by atoms with Gasteiger partial charge >= 0.3 is 5.97 Å². The zero-order valence-corrected chi connectivity index (χ0v) is 24.2. The fraction of sp³-hybridized carbons (Fsp3) is 0.206. The van der Waals surface area contributed by atoms with Crippen molar-refractivity contribution in [2.45, 2.75) is 26.2 Å². The second-order valence-corrected chi connectivity index (χ2v) is 9.45. The number of methoxy groups -OCH3 is 3. The lowest BCUT2D eigenvalue weighted by Crippen LogP contribution is -2.18. The van der Waals surface area contributed by atoms with Gasteiger partial charge in [0, 0.05) is 5.56 Å². The van der Waals surface area contributed by atoms with Gasteiger partial charge in [-0.3, -0.25) is 4.79 Å². The minimum Gasteiger partial charge on any atom is -0.493 e. The van der Waals surface area contributed by atoms with E-state index < -0.39 is 11.9 Å². The molecule has 8 nitrogen and oxygen atoms in total. The van der Waals surface area contributed by atoms with Crippen LogP contribution in [0.15, 0.2) is 90.0 Å². The van der Waals surface area contributed by atoms with Crippen molar-refractivity contribution >= 4 is 18.1 Å². The van der Waals surface area contributed by atoms with Crippen LogP contribution in [0.25, 0.3) is 11.1 Å². The quantitative estimate of drug-likeness (QED) is 0.0887. The molecule has 0 aliphatic heterocycles. The molecular formula is C34H34N2O6. The monoisotopic (exact) mass is 566 g/mol. The maximum atomic E-state index is 12.7. The van der Waals surface area contributed by atoms with Gasteiger partial charge < -0.3 is 18.9 Å². The van der Waals surface area contributed by atoms with Crippen LogP contribution in [0, 0.1) is 0 Å². The smallest absolute Gasteiger partial charge is 0.343 e. The van der Waals surface area contributed by atoms with Crippen molar-refractivity contribution in [3.05, 3.63) is 107 Å². The van der Waals surface area contributed by atoms with Crippen LogP contribution < -0.4 is 24.4 Å². The molecule has 0 saturated carbocycles. The minimum absolute atomic E-state index is 0.289. The highest BCUT2D eigenvalue weighted by molar-refractivity contribution is 5.96. The molecular weight excluding hydrogens is 532 g/mol. The first-order valence-corrected chi connectivity index (χ1v) is 13.6. The molecule has 0 saturated heterocycles. The number of ether oxygens (including phenoxy) is 4. The van der Waals surface area contributed by atoms with Gasteiger partial charge in [-0.15, -0.1) is 0 Å². The SMILES string of the molecule is CCCCc1ccc(-c2ccc(C(=O)Oc3ccc(/C=N\NC(=O)c4cc(OC)c(OC)c(OC)c4)cc3)cc2)cc1. The second kappa shape index (κ2) is 14.5. The standard InChI is InChI=1S/C34H34N2O6/c1-5-6-7-23-8-12-25(13-9-23)26-14-16-27(17-15-26)34(38)42-29-18-10-24(11-19-29)22-35-36-33(37)28-20-30(39-2)32(41-4)31(21-28)40-3/h8-22H,5-7H2,1-4H3,(H,36,37)/b35-22-. The number of hydrazone groups is 1. The molecule has 0 spiro atoms. The molecule has 0 atom stereocenters. The van der Waals surface area contributed by atoms with E-state index in [9.17, 15) is 9.59 Å². The van der Waals surface area contributed by atoms with Gasteiger partial charge in [0.2, 0.25) is 5.75 Å². The number of carbonyl (C=O) groups excluding carboxylic acids is 2. The summed E-state index contributed by atoms with van der Waals surface area (Å²) in [5, 5.41) is 4.02. The summed E-state index contributed by atoms with van der Waals surface area (Å²) in [4.78, 5) is 25.3. The molecule has 216 valence electrons. The van der Waals surface area contributed by atoms with Crippen molar-refractivity contribution < 1.29 is 28.5 Å². The molecule has 0 heterocycles. The van der Waals surface area contributed by atoms with E-state index in [0.717, 1.165) is 17.5 Å². The number of nitrogens with one attached hydrogen (secondary N) is 1. The molecule has 4 rings (SSSR count). The number of aryl methyl sites for hydroxylation is 1. The summed E-state index contributed by atoms with van der Waals surface area (Å²) in [7, 11) is 4.44. The highest BCUT2D eigenvalue weighted by Gasteiger charge is 2.17. The van der Waals surface area contributed by atoms with Crippen LogP contribution in [0.1, 0.15) is 51.6 Å². The number of hydrogen-bond donors (Lipinski definition) is 1. The third-order valence-corrected chi connectivity index (χ3v) is 6.62. The van der Waals surface area contributed by atoms with Gasteiger partial charge in [0.15, 0.2) is 11.5 Å². The van der Waals surface area contributed by atoms with Crippen LogP contribution in [0.3, 0.4) is 0 Å². The van der Waals surface area contributed by atoms with Gasteiger partial charge in [0.1, 0.15) is 5.75 Å². The number of hydrogen-bond acceptors (Lipinski definition) is 7.